The SMILES string of the molecule is C=COCCO.OCCO.OCCO. The molecule has 0 rings (SSSR count). The largest absolute Gasteiger partial charge is 0.499 e. The van der Waals surface area contributed by atoms with Crippen molar-refractivity contribution in [3.63, 3.8) is 0 Å². The van der Waals surface area contributed by atoms with Crippen LogP contribution < -0.4 is 0 Å². The third-order valence-electron chi connectivity index (χ3n) is 0.527. The van der Waals surface area contributed by atoms with Gasteiger partial charge in [0.05, 0.1) is 39.3 Å². The number of aliphatic hydroxyl groups is 5. The molecular formula is C8H20O6. The second-order valence-corrected chi connectivity index (χ2v) is 1.66. The summed E-state index contributed by atoms with van der Waals surface area (Å²) in [7, 11) is 0. The fraction of sp³-hybridized carbons (Fsp3) is 0.750. The highest BCUT2D eigenvalue weighted by Gasteiger charge is 1.69. The Morgan fingerprint density at radius 1 is 0.786 bits per heavy atom. The molecule has 0 bridgehead atoms. The second kappa shape index (κ2) is 29.5. The highest BCUT2D eigenvalue weighted by Crippen LogP contribution is 1.67. The van der Waals surface area contributed by atoms with E-state index < -0.39 is 0 Å². The molecular weight excluding hydrogens is 192 g/mol. The predicted octanol–water partition coefficient (Wildman–Crippen LogP) is -1.92. The molecule has 6 heteroatoms. The van der Waals surface area contributed by atoms with Crippen molar-refractivity contribution >= 4 is 0 Å². The van der Waals surface area contributed by atoms with Crippen LogP contribution >= 0.6 is 0 Å². The molecule has 88 valence electrons. The lowest BCUT2D eigenvalue weighted by Gasteiger charge is -1.89. The second-order valence-electron chi connectivity index (χ2n) is 1.66. The van der Waals surface area contributed by atoms with Crippen molar-refractivity contribution in [1.82, 2.24) is 0 Å². The number of hydrogen-bond donors (Lipinski definition) is 5. The Kier molecular flexibility index (Phi) is 40.0. The van der Waals surface area contributed by atoms with Crippen LogP contribution in [0.25, 0.3) is 0 Å². The molecule has 6 nitrogen and oxygen atoms in total. The standard InChI is InChI=1S/C4H8O2.2C2H6O2/c1-2-6-4-3-5;2*3-1-2-4/h2,5H,1,3-4H2;2*3-4H,1-2H2. The average Bonchev–Trinajstić information content (AvgIpc) is 2.27. The Balaban J connectivity index is -0.000000135. The molecule has 0 spiro atoms. The lowest BCUT2D eigenvalue weighted by Crippen LogP contribution is -1.90. The van der Waals surface area contributed by atoms with Crippen molar-refractivity contribution in [2.24, 2.45) is 0 Å². The summed E-state index contributed by atoms with van der Waals surface area (Å²) in [5.41, 5.74) is 0. The van der Waals surface area contributed by atoms with E-state index >= 15 is 0 Å². The Hall–Kier alpha value is -0.660. The minimum absolute atomic E-state index is 0.0615. The summed E-state index contributed by atoms with van der Waals surface area (Å²) in [4.78, 5) is 0. The summed E-state index contributed by atoms with van der Waals surface area (Å²) in [6.45, 7) is 3.18. The third-order valence-corrected chi connectivity index (χ3v) is 0.527. The zero-order valence-corrected chi connectivity index (χ0v) is 8.17. The summed E-state index contributed by atoms with van der Waals surface area (Å²) >= 11 is 0. The van der Waals surface area contributed by atoms with E-state index in [2.05, 4.69) is 11.3 Å². The molecule has 5 N–H and O–H groups in total. The average molecular weight is 212 g/mol. The van der Waals surface area contributed by atoms with Gasteiger partial charge >= 0.3 is 0 Å². The van der Waals surface area contributed by atoms with E-state index in [0.29, 0.717) is 6.61 Å². The summed E-state index contributed by atoms with van der Waals surface area (Å²) in [5, 5.41) is 38.5. The first kappa shape index (κ1) is 19.0. The van der Waals surface area contributed by atoms with Crippen LogP contribution in [0.5, 0.6) is 0 Å². The minimum Gasteiger partial charge on any atom is -0.499 e. The van der Waals surface area contributed by atoms with E-state index in [4.69, 9.17) is 25.5 Å². The summed E-state index contributed by atoms with van der Waals surface area (Å²) in [6, 6.07) is 0. The number of aliphatic hydroxyl groups excluding tert-OH is 5. The molecule has 0 aromatic carbocycles. The van der Waals surface area contributed by atoms with Crippen LogP contribution in [0.2, 0.25) is 0 Å². The van der Waals surface area contributed by atoms with E-state index in [0.717, 1.165) is 0 Å². The zero-order valence-electron chi connectivity index (χ0n) is 8.17. The van der Waals surface area contributed by atoms with E-state index in [1.807, 2.05) is 0 Å². The van der Waals surface area contributed by atoms with Crippen LogP contribution in [-0.2, 0) is 4.74 Å². The fourth-order valence-corrected chi connectivity index (χ4v) is 0.136. The van der Waals surface area contributed by atoms with Gasteiger partial charge in [0.1, 0.15) is 6.61 Å². The smallest absolute Gasteiger partial charge is 0.110 e. The van der Waals surface area contributed by atoms with Gasteiger partial charge in [-0.15, -0.1) is 0 Å². The molecule has 0 aromatic rings. The maximum atomic E-state index is 8.02. The van der Waals surface area contributed by atoms with Gasteiger partial charge in [-0.1, -0.05) is 6.58 Å². The monoisotopic (exact) mass is 212 g/mol. The van der Waals surface area contributed by atoms with Gasteiger partial charge in [0.15, 0.2) is 0 Å². The Bertz CT molecular complexity index is 70.2. The molecule has 14 heavy (non-hydrogen) atoms. The van der Waals surface area contributed by atoms with Gasteiger partial charge in [0.2, 0.25) is 0 Å². The van der Waals surface area contributed by atoms with Crippen LogP contribution in [0.15, 0.2) is 12.8 Å². The maximum Gasteiger partial charge on any atom is 0.110 e. The Morgan fingerprint density at radius 3 is 1.21 bits per heavy atom. The lowest BCUT2D eigenvalue weighted by atomic mass is 10.8. The third kappa shape index (κ3) is 64.4. The molecule has 0 fully saturated rings. The molecule has 0 atom stereocenters. The molecule has 0 aliphatic heterocycles. The van der Waals surface area contributed by atoms with E-state index in [9.17, 15) is 0 Å². The van der Waals surface area contributed by atoms with Gasteiger partial charge in [0, 0.05) is 0 Å². The molecule has 0 amide bonds. The van der Waals surface area contributed by atoms with Crippen LogP contribution in [-0.4, -0.2) is 65.2 Å². The van der Waals surface area contributed by atoms with Gasteiger partial charge in [0.25, 0.3) is 0 Å². The lowest BCUT2D eigenvalue weighted by molar-refractivity contribution is 0.166. The first-order valence-electron chi connectivity index (χ1n) is 4.01. The molecule has 0 saturated heterocycles. The van der Waals surface area contributed by atoms with E-state index in [-0.39, 0.29) is 33.0 Å². The maximum absolute atomic E-state index is 8.02. The Morgan fingerprint density at radius 2 is 1.14 bits per heavy atom. The minimum atomic E-state index is -0.125. The van der Waals surface area contributed by atoms with Crippen LogP contribution in [0.4, 0.5) is 0 Å². The van der Waals surface area contributed by atoms with Crippen molar-refractivity contribution in [1.29, 1.82) is 0 Å². The van der Waals surface area contributed by atoms with Crippen LogP contribution in [0.3, 0.4) is 0 Å². The van der Waals surface area contributed by atoms with Gasteiger partial charge in [-0.25, -0.2) is 0 Å². The predicted molar refractivity (Wildman–Crippen MR) is 51.6 cm³/mol. The Labute approximate surface area is 83.7 Å². The molecule has 0 aliphatic carbocycles. The zero-order chi connectivity index (χ0) is 11.7. The fourth-order valence-electron chi connectivity index (χ4n) is 0.136. The normalized spacial score (nSPS) is 7.50. The molecule has 0 radical (unpaired) electrons. The van der Waals surface area contributed by atoms with E-state index in [1.165, 1.54) is 6.26 Å². The van der Waals surface area contributed by atoms with Crippen molar-refractivity contribution in [2.45, 2.75) is 0 Å². The first-order chi connectivity index (χ1) is 6.74. The molecule has 0 aliphatic rings. The topological polar surface area (TPSA) is 110 Å². The quantitative estimate of drug-likeness (QED) is 0.268. The summed E-state index contributed by atoms with van der Waals surface area (Å²) < 4.78 is 4.50. The van der Waals surface area contributed by atoms with Crippen molar-refractivity contribution < 1.29 is 30.3 Å². The number of ether oxygens (including phenoxy) is 1. The van der Waals surface area contributed by atoms with Crippen molar-refractivity contribution in [2.75, 3.05) is 39.6 Å². The molecule has 0 aromatic heterocycles. The summed E-state index contributed by atoms with van der Waals surface area (Å²) in [6.07, 6.45) is 1.30. The van der Waals surface area contributed by atoms with Gasteiger partial charge in [-0.3, -0.25) is 0 Å². The summed E-state index contributed by atoms with van der Waals surface area (Å²) in [5.74, 6) is 0. The van der Waals surface area contributed by atoms with Gasteiger partial charge < -0.3 is 30.3 Å². The molecule has 0 unspecified atom stereocenters. The van der Waals surface area contributed by atoms with Gasteiger partial charge in [-0.05, 0) is 0 Å². The van der Waals surface area contributed by atoms with Crippen molar-refractivity contribution in [3.05, 3.63) is 12.8 Å². The first-order valence-corrected chi connectivity index (χ1v) is 4.01. The van der Waals surface area contributed by atoms with E-state index in [1.54, 1.807) is 0 Å². The van der Waals surface area contributed by atoms with Crippen molar-refractivity contribution in [3.8, 4) is 0 Å². The van der Waals surface area contributed by atoms with Crippen LogP contribution in [0.1, 0.15) is 0 Å². The number of rotatable bonds is 5. The molecule has 0 saturated carbocycles. The van der Waals surface area contributed by atoms with Gasteiger partial charge in [-0.2, -0.15) is 0 Å². The highest BCUT2D eigenvalue weighted by molar-refractivity contribution is 4.46. The number of hydrogen-bond acceptors (Lipinski definition) is 6. The van der Waals surface area contributed by atoms with Crippen LogP contribution in [0, 0.1) is 0 Å². The highest BCUT2D eigenvalue weighted by atomic mass is 16.5. The molecule has 0 heterocycles.